The van der Waals surface area contributed by atoms with Crippen LogP contribution in [-0.2, 0) is 6.18 Å². The van der Waals surface area contributed by atoms with Crippen molar-refractivity contribution in [2.75, 3.05) is 0 Å². The molecule has 2 saturated carbocycles. The highest BCUT2D eigenvalue weighted by atomic mass is 19.4. The van der Waals surface area contributed by atoms with E-state index in [0.29, 0.717) is 11.8 Å². The van der Waals surface area contributed by atoms with E-state index in [2.05, 4.69) is 5.43 Å². The highest BCUT2D eigenvalue weighted by molar-refractivity contribution is 5.34. The van der Waals surface area contributed by atoms with Crippen LogP contribution in [0.2, 0.25) is 0 Å². The number of halogens is 3. The number of nitrogens with two attached hydrogens (primary N) is 1. The Kier molecular flexibility index (Phi) is 3.06. The molecule has 0 radical (unpaired) electrons. The van der Waals surface area contributed by atoms with Crippen LogP contribution in [0.1, 0.15) is 36.4 Å². The van der Waals surface area contributed by atoms with Gasteiger partial charge in [0.25, 0.3) is 0 Å². The summed E-state index contributed by atoms with van der Waals surface area (Å²) in [6.07, 6.45) is -0.872. The molecule has 3 atom stereocenters. The molecule has 3 rings (SSSR count). The number of alkyl halides is 3. The van der Waals surface area contributed by atoms with Crippen molar-refractivity contribution in [3.8, 4) is 0 Å². The molecule has 2 nitrogen and oxygen atoms in total. The lowest BCUT2D eigenvalue weighted by molar-refractivity contribution is -0.138. The predicted octanol–water partition coefficient (Wildman–Crippen LogP) is 3.26. The van der Waals surface area contributed by atoms with Crippen LogP contribution in [0.15, 0.2) is 24.3 Å². The summed E-state index contributed by atoms with van der Waals surface area (Å²) >= 11 is 0. The van der Waals surface area contributed by atoms with Crippen LogP contribution >= 0.6 is 0 Å². The van der Waals surface area contributed by atoms with Gasteiger partial charge < -0.3 is 0 Å². The van der Waals surface area contributed by atoms with Gasteiger partial charge in [-0.25, -0.2) is 0 Å². The zero-order valence-electron chi connectivity index (χ0n) is 10.5. The molecule has 1 aromatic carbocycles. The van der Waals surface area contributed by atoms with Crippen LogP contribution < -0.4 is 11.3 Å². The van der Waals surface area contributed by atoms with Gasteiger partial charge >= 0.3 is 6.18 Å². The van der Waals surface area contributed by atoms with E-state index >= 15 is 0 Å². The topological polar surface area (TPSA) is 38.0 Å². The molecule has 0 amide bonds. The third-order valence-electron chi connectivity index (χ3n) is 4.64. The first-order valence-corrected chi connectivity index (χ1v) is 6.66. The van der Waals surface area contributed by atoms with Crippen LogP contribution in [0.5, 0.6) is 0 Å². The van der Waals surface area contributed by atoms with Crippen molar-refractivity contribution in [1.29, 1.82) is 0 Å². The van der Waals surface area contributed by atoms with Gasteiger partial charge in [0, 0.05) is 6.04 Å². The van der Waals surface area contributed by atoms with Crippen LogP contribution in [-0.4, -0.2) is 0 Å². The molecule has 0 saturated heterocycles. The molecule has 2 fully saturated rings. The molecule has 0 aliphatic heterocycles. The Morgan fingerprint density at radius 1 is 1.16 bits per heavy atom. The molecule has 5 heteroatoms. The van der Waals surface area contributed by atoms with Crippen molar-refractivity contribution >= 4 is 0 Å². The van der Waals surface area contributed by atoms with E-state index in [1.54, 1.807) is 12.1 Å². The first kappa shape index (κ1) is 12.9. The standard InChI is InChI=1S/C14H17F3N2/c15-14(16,17)11-7-2-1-4-10(11)13(19-18)12-8-5-3-6-9(8)12/h1-2,4,7-9,12-13,19H,3,5-6,18H2. The quantitative estimate of drug-likeness (QED) is 0.653. The van der Waals surface area contributed by atoms with E-state index in [-0.39, 0.29) is 17.5 Å². The van der Waals surface area contributed by atoms with E-state index in [0.717, 1.165) is 18.9 Å². The monoisotopic (exact) mass is 270 g/mol. The molecule has 2 aliphatic rings. The predicted molar refractivity (Wildman–Crippen MR) is 65.8 cm³/mol. The lowest BCUT2D eigenvalue weighted by atomic mass is 9.93. The third kappa shape index (κ3) is 2.15. The van der Waals surface area contributed by atoms with Crippen molar-refractivity contribution in [3.63, 3.8) is 0 Å². The van der Waals surface area contributed by atoms with E-state index < -0.39 is 11.7 Å². The fourth-order valence-electron chi connectivity index (χ4n) is 3.81. The van der Waals surface area contributed by atoms with E-state index in [4.69, 9.17) is 5.84 Å². The van der Waals surface area contributed by atoms with Crippen molar-refractivity contribution < 1.29 is 13.2 Å². The summed E-state index contributed by atoms with van der Waals surface area (Å²) in [5, 5.41) is 0. The SMILES string of the molecule is NNC(c1ccccc1C(F)(F)F)C1C2CCCC21. The van der Waals surface area contributed by atoms with Gasteiger partial charge in [-0.05, 0) is 42.2 Å². The molecule has 0 heterocycles. The Bertz CT molecular complexity index is 462. The lowest BCUT2D eigenvalue weighted by Crippen LogP contribution is -2.32. The highest BCUT2D eigenvalue weighted by Crippen LogP contribution is 2.62. The Labute approximate surface area is 110 Å². The zero-order chi connectivity index (χ0) is 13.6. The maximum absolute atomic E-state index is 13.1. The van der Waals surface area contributed by atoms with Gasteiger partial charge in [-0.2, -0.15) is 13.2 Å². The van der Waals surface area contributed by atoms with Crippen LogP contribution in [0.4, 0.5) is 13.2 Å². The van der Waals surface area contributed by atoms with Crippen LogP contribution in [0, 0.1) is 17.8 Å². The lowest BCUT2D eigenvalue weighted by Gasteiger charge is -2.22. The minimum atomic E-state index is -4.32. The summed E-state index contributed by atoms with van der Waals surface area (Å²) in [6, 6.07) is 5.37. The Morgan fingerprint density at radius 2 is 1.79 bits per heavy atom. The van der Waals surface area contributed by atoms with Gasteiger partial charge in [0.05, 0.1) is 5.56 Å². The summed E-state index contributed by atoms with van der Waals surface area (Å²) < 4.78 is 39.2. The molecule has 3 N–H and O–H groups in total. The molecule has 2 aliphatic carbocycles. The third-order valence-corrected chi connectivity index (χ3v) is 4.64. The molecule has 0 bridgehead atoms. The Hall–Kier alpha value is -1.07. The van der Waals surface area contributed by atoms with Gasteiger partial charge in [0.2, 0.25) is 0 Å². The molecule has 0 aromatic heterocycles. The molecule has 3 unspecified atom stereocenters. The second-order valence-corrected chi connectivity index (χ2v) is 5.57. The number of benzene rings is 1. The fourth-order valence-corrected chi connectivity index (χ4v) is 3.81. The van der Waals surface area contributed by atoms with E-state index in [1.165, 1.54) is 12.5 Å². The number of fused-ring (bicyclic) bond motifs is 1. The Balaban J connectivity index is 1.92. The number of hydrogen-bond acceptors (Lipinski definition) is 2. The van der Waals surface area contributed by atoms with Crippen molar-refractivity contribution in [2.45, 2.75) is 31.5 Å². The number of hydrogen-bond donors (Lipinski definition) is 2. The maximum Gasteiger partial charge on any atom is 0.416 e. The largest absolute Gasteiger partial charge is 0.416 e. The van der Waals surface area contributed by atoms with E-state index in [1.807, 2.05) is 0 Å². The van der Waals surface area contributed by atoms with Gasteiger partial charge in [-0.1, -0.05) is 24.6 Å². The summed E-state index contributed by atoms with van der Waals surface area (Å²) in [5.74, 6) is 6.93. The number of rotatable bonds is 3. The maximum atomic E-state index is 13.1. The van der Waals surface area contributed by atoms with E-state index in [9.17, 15) is 13.2 Å². The minimum absolute atomic E-state index is 0.266. The second kappa shape index (κ2) is 4.49. The zero-order valence-corrected chi connectivity index (χ0v) is 10.5. The van der Waals surface area contributed by atoms with Crippen LogP contribution in [0.3, 0.4) is 0 Å². The average molecular weight is 270 g/mol. The summed E-state index contributed by atoms with van der Waals surface area (Å²) in [7, 11) is 0. The van der Waals surface area contributed by atoms with Gasteiger partial charge in [0.1, 0.15) is 0 Å². The van der Waals surface area contributed by atoms with Gasteiger partial charge in [0.15, 0.2) is 0 Å². The first-order valence-electron chi connectivity index (χ1n) is 6.66. The Morgan fingerprint density at radius 3 is 2.37 bits per heavy atom. The van der Waals surface area contributed by atoms with Crippen LogP contribution in [0.25, 0.3) is 0 Å². The number of hydrazine groups is 1. The first-order chi connectivity index (χ1) is 9.04. The van der Waals surface area contributed by atoms with Crippen molar-refractivity contribution in [2.24, 2.45) is 23.6 Å². The highest BCUT2D eigenvalue weighted by Gasteiger charge is 2.56. The molecule has 19 heavy (non-hydrogen) atoms. The van der Waals surface area contributed by atoms with Gasteiger partial charge in [-0.15, -0.1) is 0 Å². The molecular formula is C14H17F3N2. The molecule has 104 valence electrons. The molecular weight excluding hydrogens is 253 g/mol. The number of nitrogens with one attached hydrogen (secondary N) is 1. The summed E-state index contributed by atoms with van der Waals surface area (Å²) in [6.45, 7) is 0. The molecule has 1 aromatic rings. The second-order valence-electron chi connectivity index (χ2n) is 5.57. The minimum Gasteiger partial charge on any atom is -0.271 e. The summed E-state index contributed by atoms with van der Waals surface area (Å²) in [4.78, 5) is 0. The fraction of sp³-hybridized carbons (Fsp3) is 0.571. The van der Waals surface area contributed by atoms with Crippen molar-refractivity contribution in [3.05, 3.63) is 35.4 Å². The molecule has 0 spiro atoms. The van der Waals surface area contributed by atoms with Crippen molar-refractivity contribution in [1.82, 2.24) is 5.43 Å². The smallest absolute Gasteiger partial charge is 0.271 e. The van der Waals surface area contributed by atoms with Gasteiger partial charge in [-0.3, -0.25) is 11.3 Å². The summed E-state index contributed by atoms with van der Waals surface area (Å²) in [5.41, 5.74) is 2.34. The normalized spacial score (nSPS) is 31.1. The average Bonchev–Trinajstić information content (AvgIpc) is 2.84.